The van der Waals surface area contributed by atoms with Gasteiger partial charge in [0.1, 0.15) is 17.2 Å². The lowest BCUT2D eigenvalue weighted by Gasteiger charge is -2.07. The highest BCUT2D eigenvalue weighted by Gasteiger charge is 2.20. The first kappa shape index (κ1) is 17.7. The van der Waals surface area contributed by atoms with Gasteiger partial charge in [-0.2, -0.15) is 0 Å². The fraction of sp³-hybridized carbons (Fsp3) is 0.0625. The van der Waals surface area contributed by atoms with Gasteiger partial charge in [0.05, 0.1) is 10.5 Å². The molecule has 1 aromatic heterocycles. The van der Waals surface area contributed by atoms with Gasteiger partial charge in [0.25, 0.3) is 0 Å². The second-order valence-electron chi connectivity index (χ2n) is 5.05. The Kier molecular flexibility index (Phi) is 4.74. The molecule has 0 saturated carbocycles. The van der Waals surface area contributed by atoms with Crippen molar-refractivity contribution in [2.45, 2.75) is 11.8 Å². The summed E-state index contributed by atoms with van der Waals surface area (Å²) in [5.74, 6) is 0.308. The molecular formula is C16H16N2O5S. The summed E-state index contributed by atoms with van der Waals surface area (Å²) in [4.78, 5) is -0.158. The summed E-state index contributed by atoms with van der Waals surface area (Å²) in [6.07, 6.45) is 0. The Morgan fingerprint density at radius 1 is 1.12 bits per heavy atom. The number of phenolic OH excluding ortho intramolecular Hbond substituents is 1. The van der Waals surface area contributed by atoms with Crippen molar-refractivity contribution < 1.29 is 23.5 Å². The van der Waals surface area contributed by atoms with Crippen molar-refractivity contribution in [2.24, 2.45) is 5.14 Å². The van der Waals surface area contributed by atoms with Crippen molar-refractivity contribution in [3.05, 3.63) is 54.3 Å². The first-order valence-corrected chi connectivity index (χ1v) is 8.30. The quantitative estimate of drug-likeness (QED) is 0.743. The second kappa shape index (κ2) is 6.44. The Bertz CT molecular complexity index is 965. The molecule has 0 aliphatic rings. The average Bonchev–Trinajstić information content (AvgIpc) is 2.89. The van der Waals surface area contributed by atoms with Gasteiger partial charge in [-0.15, -0.1) is 0 Å². The number of nitrogens with zero attached hydrogens (tertiary/aromatic N) is 1. The summed E-state index contributed by atoms with van der Waals surface area (Å²) >= 11 is 0. The first-order valence-electron chi connectivity index (χ1n) is 6.76. The van der Waals surface area contributed by atoms with E-state index in [1.165, 1.54) is 12.1 Å². The highest BCUT2D eigenvalue weighted by Crippen LogP contribution is 2.39. The molecule has 126 valence electrons. The number of primary sulfonamides is 1. The van der Waals surface area contributed by atoms with Crippen molar-refractivity contribution in [3.63, 3.8) is 0 Å². The molecule has 1 heterocycles. The van der Waals surface area contributed by atoms with Crippen LogP contribution in [0.25, 0.3) is 22.4 Å². The molecule has 3 rings (SSSR count). The van der Waals surface area contributed by atoms with Crippen LogP contribution in [0.5, 0.6) is 5.75 Å². The molecule has 0 atom stereocenters. The number of hydrogen-bond donors (Lipinski definition) is 2. The topological polar surface area (TPSA) is 138 Å². The number of aryl methyl sites for hydroxylation is 1. The summed E-state index contributed by atoms with van der Waals surface area (Å²) < 4.78 is 28.0. The molecule has 24 heavy (non-hydrogen) atoms. The minimum Gasteiger partial charge on any atom is -0.507 e. The van der Waals surface area contributed by atoms with E-state index < -0.39 is 10.0 Å². The predicted octanol–water partition coefficient (Wildman–Crippen LogP) is 1.85. The van der Waals surface area contributed by atoms with Gasteiger partial charge in [0.2, 0.25) is 10.0 Å². The second-order valence-corrected chi connectivity index (χ2v) is 6.61. The van der Waals surface area contributed by atoms with Crippen LogP contribution in [0.4, 0.5) is 0 Å². The molecule has 0 fully saturated rings. The number of aromatic hydroxyl groups is 1. The molecule has 0 unspecified atom stereocenters. The molecular weight excluding hydrogens is 332 g/mol. The zero-order valence-corrected chi connectivity index (χ0v) is 13.5. The Hall–Kier alpha value is -2.68. The third-order valence-electron chi connectivity index (χ3n) is 3.48. The van der Waals surface area contributed by atoms with E-state index in [1.807, 2.05) is 30.3 Å². The van der Waals surface area contributed by atoms with Crippen LogP contribution in [-0.4, -0.2) is 24.2 Å². The molecule has 3 aromatic rings. The zero-order chi connectivity index (χ0) is 16.6. The van der Waals surface area contributed by atoms with E-state index in [2.05, 4.69) is 5.16 Å². The standard InChI is InChI=1S/C16H14N2O4S.H2O/c1-10-15(16(18-22-10)11-5-3-2-4-6-11)13-8-7-12(9-14(13)19)23(17,20)21;/h2-9,19H,1H3,(H2,17,20,21);1H2. The first-order chi connectivity index (χ1) is 10.9. The molecule has 0 saturated heterocycles. The summed E-state index contributed by atoms with van der Waals surface area (Å²) in [5.41, 5.74) is 2.43. The summed E-state index contributed by atoms with van der Waals surface area (Å²) in [6.45, 7) is 1.72. The summed E-state index contributed by atoms with van der Waals surface area (Å²) in [5, 5.41) is 19.4. The maximum Gasteiger partial charge on any atom is 0.238 e. The lowest BCUT2D eigenvalue weighted by Crippen LogP contribution is -2.11. The normalized spacial score (nSPS) is 11.1. The van der Waals surface area contributed by atoms with Crippen LogP contribution in [0.3, 0.4) is 0 Å². The van der Waals surface area contributed by atoms with Gasteiger partial charge in [-0.1, -0.05) is 35.5 Å². The van der Waals surface area contributed by atoms with Gasteiger partial charge >= 0.3 is 0 Å². The van der Waals surface area contributed by atoms with Gasteiger partial charge in [-0.25, -0.2) is 13.6 Å². The largest absolute Gasteiger partial charge is 0.507 e. The van der Waals surface area contributed by atoms with Gasteiger partial charge < -0.3 is 15.1 Å². The van der Waals surface area contributed by atoms with Crippen molar-refractivity contribution in [1.29, 1.82) is 0 Å². The average molecular weight is 348 g/mol. The van der Waals surface area contributed by atoms with E-state index >= 15 is 0 Å². The van der Waals surface area contributed by atoms with E-state index in [-0.39, 0.29) is 16.1 Å². The molecule has 8 heteroatoms. The maximum atomic E-state index is 11.4. The van der Waals surface area contributed by atoms with Crippen LogP contribution in [0.1, 0.15) is 5.76 Å². The Morgan fingerprint density at radius 2 is 1.79 bits per heavy atom. The molecule has 0 bridgehead atoms. The molecule has 0 aliphatic carbocycles. The van der Waals surface area contributed by atoms with Crippen molar-refractivity contribution >= 4 is 10.0 Å². The Labute approximate surface area is 138 Å². The molecule has 7 nitrogen and oxygen atoms in total. The SMILES string of the molecule is Cc1onc(-c2ccccc2)c1-c1ccc(S(N)(=O)=O)cc1O.O. The number of hydrogen-bond acceptors (Lipinski definition) is 5. The lowest BCUT2D eigenvalue weighted by atomic mass is 9.99. The van der Waals surface area contributed by atoms with Crippen LogP contribution < -0.4 is 5.14 Å². The molecule has 0 radical (unpaired) electrons. The summed E-state index contributed by atoms with van der Waals surface area (Å²) in [7, 11) is -3.88. The highest BCUT2D eigenvalue weighted by atomic mass is 32.2. The molecule has 0 spiro atoms. The molecule has 0 aliphatic heterocycles. The summed E-state index contributed by atoms with van der Waals surface area (Å²) in [6, 6.07) is 13.3. The number of rotatable bonds is 3. The minimum absolute atomic E-state index is 0. The lowest BCUT2D eigenvalue weighted by molar-refractivity contribution is 0.400. The van der Waals surface area contributed by atoms with Crippen molar-refractivity contribution in [3.8, 4) is 28.1 Å². The smallest absolute Gasteiger partial charge is 0.238 e. The van der Waals surface area contributed by atoms with Crippen LogP contribution in [0.2, 0.25) is 0 Å². The van der Waals surface area contributed by atoms with Crippen LogP contribution in [0, 0.1) is 6.92 Å². The van der Waals surface area contributed by atoms with Crippen molar-refractivity contribution in [2.75, 3.05) is 0 Å². The van der Waals surface area contributed by atoms with Crippen LogP contribution >= 0.6 is 0 Å². The molecule has 2 aromatic carbocycles. The monoisotopic (exact) mass is 348 g/mol. The number of phenols is 1. The van der Waals surface area contributed by atoms with Gasteiger partial charge in [-0.05, 0) is 19.1 Å². The van der Waals surface area contributed by atoms with E-state index in [1.54, 1.807) is 6.92 Å². The van der Waals surface area contributed by atoms with E-state index in [0.29, 0.717) is 22.6 Å². The third kappa shape index (κ3) is 3.16. The van der Waals surface area contributed by atoms with E-state index in [0.717, 1.165) is 11.6 Å². The number of aromatic nitrogens is 1. The van der Waals surface area contributed by atoms with E-state index in [9.17, 15) is 13.5 Å². The number of benzene rings is 2. The van der Waals surface area contributed by atoms with Crippen molar-refractivity contribution in [1.82, 2.24) is 5.16 Å². The van der Waals surface area contributed by atoms with Gasteiger partial charge in [-0.3, -0.25) is 0 Å². The number of nitrogens with two attached hydrogens (primary N) is 1. The zero-order valence-electron chi connectivity index (χ0n) is 12.7. The van der Waals surface area contributed by atoms with Gasteiger partial charge in [0.15, 0.2) is 0 Å². The highest BCUT2D eigenvalue weighted by molar-refractivity contribution is 7.89. The maximum absolute atomic E-state index is 11.4. The van der Waals surface area contributed by atoms with Crippen LogP contribution in [0.15, 0.2) is 57.9 Å². The third-order valence-corrected chi connectivity index (χ3v) is 4.39. The van der Waals surface area contributed by atoms with E-state index in [4.69, 9.17) is 9.66 Å². The Balaban J connectivity index is 0.00000208. The molecule has 0 amide bonds. The fourth-order valence-corrected chi connectivity index (χ4v) is 2.92. The predicted molar refractivity (Wildman–Crippen MR) is 88.8 cm³/mol. The Morgan fingerprint density at radius 3 is 2.38 bits per heavy atom. The fourth-order valence-electron chi connectivity index (χ4n) is 2.38. The minimum atomic E-state index is -3.88. The van der Waals surface area contributed by atoms with Crippen LogP contribution in [-0.2, 0) is 10.0 Å². The molecule has 5 N–H and O–H groups in total. The number of sulfonamides is 1. The van der Waals surface area contributed by atoms with Gasteiger partial charge in [0, 0.05) is 17.2 Å².